The Morgan fingerprint density at radius 1 is 1.00 bits per heavy atom. The molecule has 2 aliphatic heterocycles. The molecule has 0 aromatic rings. The molecule has 104 valence electrons. The zero-order valence-electron chi connectivity index (χ0n) is 11.5. The molecule has 0 bridgehead atoms. The summed E-state index contributed by atoms with van der Waals surface area (Å²) in [5, 5.41) is 3.44. The Kier molecular flexibility index (Phi) is 4.22. The zero-order chi connectivity index (χ0) is 12.3. The molecule has 3 fully saturated rings. The fourth-order valence-corrected chi connectivity index (χ4v) is 3.85. The highest BCUT2D eigenvalue weighted by atomic mass is 16.5. The summed E-state index contributed by atoms with van der Waals surface area (Å²) in [6.07, 6.45) is 12.2. The van der Waals surface area contributed by atoms with Crippen molar-refractivity contribution >= 4 is 0 Å². The predicted molar refractivity (Wildman–Crippen MR) is 71.8 cm³/mol. The van der Waals surface area contributed by atoms with Crippen LogP contribution in [0.4, 0.5) is 0 Å². The van der Waals surface area contributed by atoms with Gasteiger partial charge in [-0.3, -0.25) is 0 Å². The Bertz CT molecular complexity index is 252. The highest BCUT2D eigenvalue weighted by Gasteiger charge is 2.39. The van der Waals surface area contributed by atoms with Gasteiger partial charge in [0.15, 0.2) is 0 Å². The van der Waals surface area contributed by atoms with Gasteiger partial charge in [0.25, 0.3) is 0 Å². The molecule has 0 aromatic heterocycles. The smallest absolute Gasteiger partial charge is 0.0707 e. The minimum atomic E-state index is 0.184. The summed E-state index contributed by atoms with van der Waals surface area (Å²) in [5.41, 5.74) is 0.184. The maximum atomic E-state index is 6.32. The molecular weight excluding hydrogens is 226 g/mol. The summed E-state index contributed by atoms with van der Waals surface area (Å²) in [6, 6.07) is 0. The summed E-state index contributed by atoms with van der Waals surface area (Å²) in [6.45, 7) is 3.12. The van der Waals surface area contributed by atoms with Crippen LogP contribution in [0.15, 0.2) is 0 Å². The molecule has 1 aliphatic carbocycles. The van der Waals surface area contributed by atoms with Crippen molar-refractivity contribution in [2.24, 2.45) is 0 Å². The third-order valence-corrected chi connectivity index (χ3v) is 4.85. The Labute approximate surface area is 111 Å². The Morgan fingerprint density at radius 3 is 2.67 bits per heavy atom. The van der Waals surface area contributed by atoms with Crippen molar-refractivity contribution in [2.45, 2.75) is 75.6 Å². The van der Waals surface area contributed by atoms with Gasteiger partial charge >= 0.3 is 0 Å². The van der Waals surface area contributed by atoms with Gasteiger partial charge in [-0.2, -0.15) is 0 Å². The largest absolute Gasteiger partial charge is 0.375 e. The summed E-state index contributed by atoms with van der Waals surface area (Å²) in [5.74, 6) is 0. The Morgan fingerprint density at radius 2 is 1.89 bits per heavy atom. The summed E-state index contributed by atoms with van der Waals surface area (Å²) in [7, 11) is 0. The number of ether oxygens (including phenoxy) is 2. The number of piperidine rings is 1. The van der Waals surface area contributed by atoms with Crippen LogP contribution in [0.25, 0.3) is 0 Å². The van der Waals surface area contributed by atoms with Gasteiger partial charge in [0.2, 0.25) is 0 Å². The van der Waals surface area contributed by atoms with Crippen molar-refractivity contribution < 1.29 is 9.47 Å². The first kappa shape index (κ1) is 12.9. The second-order valence-electron chi connectivity index (χ2n) is 6.31. The van der Waals surface area contributed by atoms with Crippen LogP contribution < -0.4 is 5.32 Å². The average molecular weight is 253 g/mol. The standard InChI is InChI=1S/C15H27NO2/c1-2-7-15(8-3-1)11-13(6-10-17-15)18-14-5-4-9-16-12-14/h13-14,16H,1-12H2. The highest BCUT2D eigenvalue weighted by Crippen LogP contribution is 2.39. The molecule has 1 spiro atoms. The monoisotopic (exact) mass is 253 g/mol. The molecule has 1 saturated carbocycles. The molecule has 0 radical (unpaired) electrons. The van der Waals surface area contributed by atoms with Gasteiger partial charge in [0.05, 0.1) is 17.8 Å². The lowest BCUT2D eigenvalue weighted by Gasteiger charge is -2.44. The van der Waals surface area contributed by atoms with E-state index in [1.807, 2.05) is 0 Å². The van der Waals surface area contributed by atoms with Gasteiger partial charge in [-0.05, 0) is 38.6 Å². The van der Waals surface area contributed by atoms with Gasteiger partial charge in [0, 0.05) is 19.6 Å². The van der Waals surface area contributed by atoms with Crippen molar-refractivity contribution in [3.63, 3.8) is 0 Å². The van der Waals surface area contributed by atoms with E-state index in [0.29, 0.717) is 12.2 Å². The first-order valence-electron chi connectivity index (χ1n) is 7.86. The molecule has 2 atom stereocenters. The second kappa shape index (κ2) is 5.89. The number of rotatable bonds is 2. The van der Waals surface area contributed by atoms with E-state index < -0.39 is 0 Å². The van der Waals surface area contributed by atoms with Crippen LogP contribution >= 0.6 is 0 Å². The molecule has 2 saturated heterocycles. The molecule has 3 rings (SSSR count). The molecular formula is C15H27NO2. The summed E-state index contributed by atoms with van der Waals surface area (Å²) >= 11 is 0. The van der Waals surface area contributed by atoms with Gasteiger partial charge in [-0.25, -0.2) is 0 Å². The molecule has 0 aromatic carbocycles. The fraction of sp³-hybridized carbons (Fsp3) is 1.00. The van der Waals surface area contributed by atoms with Crippen LogP contribution in [-0.4, -0.2) is 37.5 Å². The maximum Gasteiger partial charge on any atom is 0.0707 e. The molecule has 3 heteroatoms. The molecule has 2 heterocycles. The van der Waals surface area contributed by atoms with Crippen LogP contribution in [0.2, 0.25) is 0 Å². The minimum Gasteiger partial charge on any atom is -0.375 e. The first-order chi connectivity index (χ1) is 8.86. The van der Waals surface area contributed by atoms with Gasteiger partial charge in [-0.1, -0.05) is 19.3 Å². The number of hydrogen-bond donors (Lipinski definition) is 1. The van der Waals surface area contributed by atoms with Crippen molar-refractivity contribution in [2.75, 3.05) is 19.7 Å². The van der Waals surface area contributed by atoms with E-state index in [0.717, 1.165) is 32.5 Å². The predicted octanol–water partition coefficient (Wildman–Crippen LogP) is 2.64. The lowest BCUT2D eigenvalue weighted by Crippen LogP contribution is -2.46. The molecule has 3 aliphatic rings. The fourth-order valence-electron chi connectivity index (χ4n) is 3.85. The SMILES string of the molecule is C1CCC2(CC1)CC(OC1CCCNC1)CCO2. The lowest BCUT2D eigenvalue weighted by molar-refractivity contribution is -0.161. The van der Waals surface area contributed by atoms with E-state index in [1.165, 1.54) is 44.9 Å². The van der Waals surface area contributed by atoms with Crippen molar-refractivity contribution in [3.8, 4) is 0 Å². The summed E-state index contributed by atoms with van der Waals surface area (Å²) < 4.78 is 12.4. The quantitative estimate of drug-likeness (QED) is 0.820. The molecule has 2 unspecified atom stereocenters. The molecule has 3 nitrogen and oxygen atoms in total. The van der Waals surface area contributed by atoms with E-state index >= 15 is 0 Å². The third kappa shape index (κ3) is 3.06. The summed E-state index contributed by atoms with van der Waals surface area (Å²) in [4.78, 5) is 0. The lowest BCUT2D eigenvalue weighted by atomic mass is 9.79. The molecule has 1 N–H and O–H groups in total. The highest BCUT2D eigenvalue weighted by molar-refractivity contribution is 4.90. The van der Waals surface area contributed by atoms with E-state index in [9.17, 15) is 0 Å². The van der Waals surface area contributed by atoms with Crippen LogP contribution in [-0.2, 0) is 9.47 Å². The molecule has 0 amide bonds. The second-order valence-corrected chi connectivity index (χ2v) is 6.31. The third-order valence-electron chi connectivity index (χ3n) is 4.85. The van der Waals surface area contributed by atoms with Crippen LogP contribution in [0.3, 0.4) is 0 Å². The van der Waals surface area contributed by atoms with Gasteiger partial charge < -0.3 is 14.8 Å². The van der Waals surface area contributed by atoms with Crippen LogP contribution in [0.5, 0.6) is 0 Å². The van der Waals surface area contributed by atoms with Crippen LogP contribution in [0.1, 0.15) is 57.8 Å². The average Bonchev–Trinajstić information content (AvgIpc) is 2.41. The van der Waals surface area contributed by atoms with E-state index in [-0.39, 0.29) is 5.60 Å². The van der Waals surface area contributed by atoms with Crippen LogP contribution in [0, 0.1) is 0 Å². The number of hydrogen-bond acceptors (Lipinski definition) is 3. The van der Waals surface area contributed by atoms with Gasteiger partial charge in [-0.15, -0.1) is 0 Å². The first-order valence-corrected chi connectivity index (χ1v) is 7.86. The van der Waals surface area contributed by atoms with Gasteiger partial charge in [0.1, 0.15) is 0 Å². The minimum absolute atomic E-state index is 0.184. The van der Waals surface area contributed by atoms with E-state index in [4.69, 9.17) is 9.47 Å². The van der Waals surface area contributed by atoms with E-state index in [2.05, 4.69) is 5.32 Å². The Balaban J connectivity index is 1.52. The topological polar surface area (TPSA) is 30.5 Å². The van der Waals surface area contributed by atoms with Crippen molar-refractivity contribution in [1.82, 2.24) is 5.32 Å². The molecule has 18 heavy (non-hydrogen) atoms. The number of nitrogens with one attached hydrogen (secondary N) is 1. The maximum absolute atomic E-state index is 6.32. The van der Waals surface area contributed by atoms with E-state index in [1.54, 1.807) is 0 Å². The zero-order valence-corrected chi connectivity index (χ0v) is 11.5. The van der Waals surface area contributed by atoms with Crippen molar-refractivity contribution in [1.29, 1.82) is 0 Å². The Hall–Kier alpha value is -0.120. The normalized spacial score (nSPS) is 36.7. The van der Waals surface area contributed by atoms with Crippen molar-refractivity contribution in [3.05, 3.63) is 0 Å².